The molecule has 0 fully saturated rings. The fourth-order valence-electron chi connectivity index (χ4n) is 1.37. The highest BCUT2D eigenvalue weighted by Gasteiger charge is 2.10. The molecule has 6 heteroatoms. The van der Waals surface area contributed by atoms with Gasteiger partial charge in [-0.3, -0.25) is 4.79 Å². The Kier molecular flexibility index (Phi) is 7.19. The molecule has 21 heavy (non-hydrogen) atoms. The Morgan fingerprint density at radius 2 is 2.05 bits per heavy atom. The predicted octanol–water partition coefficient (Wildman–Crippen LogP) is 2.38. The molecule has 1 aromatic carbocycles. The minimum absolute atomic E-state index is 0.250. The number of likely N-dealkylation sites (N-methyl/N-ethyl adjacent to an activating group) is 1. The highest BCUT2D eigenvalue weighted by atomic mass is 79.9. The van der Waals surface area contributed by atoms with Gasteiger partial charge in [-0.1, -0.05) is 28.1 Å². The molecule has 0 N–H and O–H groups in total. The topological polar surface area (TPSA) is 70.4 Å². The van der Waals surface area contributed by atoms with Crippen LogP contribution in [0, 0.1) is 11.3 Å². The van der Waals surface area contributed by atoms with E-state index < -0.39 is 5.97 Å². The Hall–Kier alpha value is -2.13. The number of hydrogen-bond donors (Lipinski definition) is 0. The third kappa shape index (κ3) is 6.72. The molecule has 0 unspecified atom stereocenters. The summed E-state index contributed by atoms with van der Waals surface area (Å²) in [5.41, 5.74) is 0.854. The van der Waals surface area contributed by atoms with Crippen LogP contribution in [0.15, 0.2) is 34.8 Å². The standard InChI is InChI=1S/C15H15BrN2O3/c1-18(10-2-9-17)14(19)11-21-15(20)8-5-12-3-6-13(16)7-4-12/h3-8H,2,10-11H2,1H3/b8-5+. The van der Waals surface area contributed by atoms with Gasteiger partial charge in [-0.2, -0.15) is 5.26 Å². The lowest BCUT2D eigenvalue weighted by Crippen LogP contribution is -2.31. The molecule has 0 aliphatic heterocycles. The number of carbonyl (C=O) groups is 2. The summed E-state index contributed by atoms with van der Waals surface area (Å²) in [5.74, 6) is -0.921. The monoisotopic (exact) mass is 350 g/mol. The van der Waals surface area contributed by atoms with Gasteiger partial charge in [0.25, 0.3) is 5.91 Å². The normalized spacial score (nSPS) is 10.1. The van der Waals surface area contributed by atoms with E-state index in [1.54, 1.807) is 13.1 Å². The molecule has 1 rings (SSSR count). The van der Waals surface area contributed by atoms with Crippen molar-refractivity contribution in [3.8, 4) is 6.07 Å². The quantitative estimate of drug-likeness (QED) is 0.583. The first-order chi connectivity index (χ1) is 10.0. The second kappa shape index (κ2) is 8.93. The zero-order chi connectivity index (χ0) is 15.7. The summed E-state index contributed by atoms with van der Waals surface area (Å²) in [4.78, 5) is 24.4. The van der Waals surface area contributed by atoms with Gasteiger partial charge in [0.15, 0.2) is 6.61 Å². The number of benzene rings is 1. The predicted molar refractivity (Wildman–Crippen MR) is 82.0 cm³/mol. The molecule has 0 saturated carbocycles. The van der Waals surface area contributed by atoms with E-state index in [1.165, 1.54) is 11.0 Å². The van der Waals surface area contributed by atoms with E-state index in [-0.39, 0.29) is 18.9 Å². The van der Waals surface area contributed by atoms with Crippen LogP contribution in [0.25, 0.3) is 6.08 Å². The number of esters is 1. The van der Waals surface area contributed by atoms with Gasteiger partial charge in [0.05, 0.1) is 12.5 Å². The van der Waals surface area contributed by atoms with Crippen LogP contribution in [0.5, 0.6) is 0 Å². The fourth-order valence-corrected chi connectivity index (χ4v) is 1.64. The van der Waals surface area contributed by atoms with Crippen LogP contribution in [0.3, 0.4) is 0 Å². The van der Waals surface area contributed by atoms with Crippen LogP contribution >= 0.6 is 15.9 Å². The summed E-state index contributed by atoms with van der Waals surface area (Å²) in [7, 11) is 1.56. The van der Waals surface area contributed by atoms with Crippen molar-refractivity contribution in [2.45, 2.75) is 6.42 Å². The SMILES string of the molecule is CN(CCC#N)C(=O)COC(=O)/C=C/c1ccc(Br)cc1. The van der Waals surface area contributed by atoms with Gasteiger partial charge < -0.3 is 9.64 Å². The van der Waals surface area contributed by atoms with Crippen molar-refractivity contribution in [1.29, 1.82) is 5.26 Å². The van der Waals surface area contributed by atoms with E-state index in [9.17, 15) is 9.59 Å². The number of rotatable bonds is 6. The van der Waals surface area contributed by atoms with Crippen LogP contribution < -0.4 is 0 Å². The van der Waals surface area contributed by atoms with Crippen molar-refractivity contribution in [3.63, 3.8) is 0 Å². The molecule has 1 aromatic rings. The van der Waals surface area contributed by atoms with Crippen LogP contribution in [0.1, 0.15) is 12.0 Å². The first-order valence-corrected chi connectivity index (χ1v) is 7.03. The summed E-state index contributed by atoms with van der Waals surface area (Å²) in [5, 5.41) is 8.42. The fraction of sp³-hybridized carbons (Fsp3) is 0.267. The molecule has 1 amide bonds. The molecule has 110 valence electrons. The minimum Gasteiger partial charge on any atom is -0.452 e. The summed E-state index contributed by atoms with van der Waals surface area (Å²) < 4.78 is 5.79. The number of halogens is 1. The average molecular weight is 351 g/mol. The molecule has 5 nitrogen and oxygen atoms in total. The molecule has 0 saturated heterocycles. The van der Waals surface area contributed by atoms with Gasteiger partial charge in [-0.15, -0.1) is 0 Å². The van der Waals surface area contributed by atoms with Crippen LogP contribution in [-0.4, -0.2) is 37.0 Å². The van der Waals surface area contributed by atoms with E-state index >= 15 is 0 Å². The van der Waals surface area contributed by atoms with E-state index in [0.29, 0.717) is 6.54 Å². The number of hydrogen-bond acceptors (Lipinski definition) is 4. The second-order valence-electron chi connectivity index (χ2n) is 4.22. The molecule has 0 aliphatic carbocycles. The van der Waals surface area contributed by atoms with E-state index in [2.05, 4.69) is 15.9 Å². The van der Waals surface area contributed by atoms with Gasteiger partial charge in [0.1, 0.15) is 0 Å². The molecule has 0 radical (unpaired) electrons. The first kappa shape index (κ1) is 16.9. The highest BCUT2D eigenvalue weighted by Crippen LogP contribution is 2.11. The van der Waals surface area contributed by atoms with Gasteiger partial charge in [-0.25, -0.2) is 4.79 Å². The highest BCUT2D eigenvalue weighted by molar-refractivity contribution is 9.10. The van der Waals surface area contributed by atoms with Crippen LogP contribution in [0.4, 0.5) is 0 Å². The Bertz CT molecular complexity index is 561. The average Bonchev–Trinajstić information content (AvgIpc) is 2.49. The lowest BCUT2D eigenvalue weighted by molar-refractivity contribution is -0.147. The smallest absolute Gasteiger partial charge is 0.331 e. The van der Waals surface area contributed by atoms with Crippen LogP contribution in [0.2, 0.25) is 0 Å². The maximum Gasteiger partial charge on any atom is 0.331 e. The van der Waals surface area contributed by atoms with E-state index in [0.717, 1.165) is 10.0 Å². The minimum atomic E-state index is -0.583. The number of amides is 1. The zero-order valence-corrected chi connectivity index (χ0v) is 13.2. The van der Waals surface area contributed by atoms with Gasteiger partial charge >= 0.3 is 5.97 Å². The van der Waals surface area contributed by atoms with Gasteiger partial charge in [-0.05, 0) is 23.8 Å². The Morgan fingerprint density at radius 3 is 2.67 bits per heavy atom. The zero-order valence-electron chi connectivity index (χ0n) is 11.6. The summed E-state index contributed by atoms with van der Waals surface area (Å²) in [6.07, 6.45) is 3.13. The molecule has 0 heterocycles. The van der Waals surface area contributed by atoms with Crippen LogP contribution in [-0.2, 0) is 14.3 Å². The summed E-state index contributed by atoms with van der Waals surface area (Å²) in [6, 6.07) is 9.35. The van der Waals surface area contributed by atoms with Crippen molar-refractivity contribution >= 4 is 33.9 Å². The maximum atomic E-state index is 11.6. The molecular weight excluding hydrogens is 336 g/mol. The van der Waals surface area contributed by atoms with Crippen molar-refractivity contribution in [2.24, 2.45) is 0 Å². The molecule has 0 aliphatic rings. The van der Waals surface area contributed by atoms with E-state index in [4.69, 9.17) is 10.00 Å². The van der Waals surface area contributed by atoms with Gasteiger partial charge in [0.2, 0.25) is 0 Å². The molecule has 0 aromatic heterocycles. The molecule has 0 atom stereocenters. The third-order valence-corrected chi connectivity index (χ3v) is 3.13. The molecule has 0 bridgehead atoms. The Morgan fingerprint density at radius 1 is 1.38 bits per heavy atom. The van der Waals surface area contributed by atoms with Crippen molar-refractivity contribution in [2.75, 3.05) is 20.2 Å². The molecular formula is C15H15BrN2O3. The number of nitriles is 1. The van der Waals surface area contributed by atoms with Crippen molar-refractivity contribution in [3.05, 3.63) is 40.4 Å². The summed E-state index contributed by atoms with van der Waals surface area (Å²) in [6.45, 7) is -0.00689. The molecule has 0 spiro atoms. The third-order valence-electron chi connectivity index (χ3n) is 2.60. The number of nitrogens with zero attached hydrogens (tertiary/aromatic N) is 2. The van der Waals surface area contributed by atoms with Crippen molar-refractivity contribution in [1.82, 2.24) is 4.90 Å². The maximum absolute atomic E-state index is 11.6. The Labute approximate surface area is 131 Å². The Balaban J connectivity index is 2.38. The lowest BCUT2D eigenvalue weighted by atomic mass is 10.2. The number of carbonyl (C=O) groups excluding carboxylic acids is 2. The first-order valence-electron chi connectivity index (χ1n) is 6.24. The number of ether oxygens (including phenoxy) is 1. The second-order valence-corrected chi connectivity index (χ2v) is 5.13. The lowest BCUT2D eigenvalue weighted by Gasteiger charge is -2.14. The van der Waals surface area contributed by atoms with Gasteiger partial charge in [0, 0.05) is 24.1 Å². The van der Waals surface area contributed by atoms with Crippen molar-refractivity contribution < 1.29 is 14.3 Å². The van der Waals surface area contributed by atoms with E-state index in [1.807, 2.05) is 30.3 Å². The summed E-state index contributed by atoms with van der Waals surface area (Å²) >= 11 is 3.32. The largest absolute Gasteiger partial charge is 0.452 e.